The van der Waals surface area contributed by atoms with E-state index in [1.807, 2.05) is 25.2 Å². The molecule has 3 aromatic rings. The van der Waals surface area contributed by atoms with E-state index in [4.69, 9.17) is 0 Å². The molecule has 0 heterocycles. The van der Waals surface area contributed by atoms with Crippen molar-refractivity contribution in [3.05, 3.63) is 95.1 Å². The van der Waals surface area contributed by atoms with Gasteiger partial charge in [0.25, 0.3) is 0 Å². The van der Waals surface area contributed by atoms with Gasteiger partial charge >= 0.3 is 0 Å². The summed E-state index contributed by atoms with van der Waals surface area (Å²) in [6.45, 7) is 1.32. The first kappa shape index (κ1) is 18.2. The minimum atomic E-state index is -0.272. The molecule has 4 heteroatoms. The molecule has 3 aromatic carbocycles. The van der Waals surface area contributed by atoms with Gasteiger partial charge in [-0.25, -0.2) is 8.78 Å². The van der Waals surface area contributed by atoms with Crippen LogP contribution in [0.15, 0.2) is 66.7 Å². The molecular formula is C22H21F2NO. The van der Waals surface area contributed by atoms with Crippen LogP contribution in [0.4, 0.5) is 8.78 Å². The Morgan fingerprint density at radius 2 is 1.23 bits per heavy atom. The Bertz CT molecular complexity index is 860. The van der Waals surface area contributed by atoms with E-state index in [0.29, 0.717) is 13.1 Å². The molecule has 0 radical (unpaired) electrons. The van der Waals surface area contributed by atoms with Crippen LogP contribution >= 0.6 is 0 Å². The third-order valence-corrected chi connectivity index (χ3v) is 4.23. The van der Waals surface area contributed by atoms with Crippen molar-refractivity contribution in [1.82, 2.24) is 4.90 Å². The Hall–Kier alpha value is -2.56. The van der Waals surface area contributed by atoms with E-state index >= 15 is 0 Å². The molecule has 0 bridgehead atoms. The second-order valence-electron chi connectivity index (χ2n) is 6.50. The summed E-state index contributed by atoms with van der Waals surface area (Å²) < 4.78 is 26.2. The highest BCUT2D eigenvalue weighted by Crippen LogP contribution is 2.24. The normalized spacial score (nSPS) is 11.1. The van der Waals surface area contributed by atoms with Crippen molar-refractivity contribution in [3.63, 3.8) is 0 Å². The molecule has 0 aliphatic heterocycles. The van der Waals surface area contributed by atoms with E-state index in [0.717, 1.165) is 27.8 Å². The third kappa shape index (κ3) is 4.75. The predicted octanol–water partition coefficient (Wildman–Crippen LogP) is 4.76. The summed E-state index contributed by atoms with van der Waals surface area (Å²) >= 11 is 0. The first-order valence-corrected chi connectivity index (χ1v) is 8.46. The van der Waals surface area contributed by atoms with E-state index < -0.39 is 0 Å². The maximum atomic E-state index is 13.2. The minimum Gasteiger partial charge on any atom is -0.392 e. The van der Waals surface area contributed by atoms with Crippen LogP contribution in [0.25, 0.3) is 11.1 Å². The number of nitrogens with zero attached hydrogens (tertiary/aromatic N) is 1. The first-order chi connectivity index (χ1) is 12.5. The molecular weight excluding hydrogens is 332 g/mol. The maximum Gasteiger partial charge on any atom is 0.123 e. The van der Waals surface area contributed by atoms with Crippen LogP contribution in [0.5, 0.6) is 0 Å². The highest BCUT2D eigenvalue weighted by atomic mass is 19.1. The van der Waals surface area contributed by atoms with Gasteiger partial charge < -0.3 is 5.11 Å². The van der Waals surface area contributed by atoms with Gasteiger partial charge in [-0.1, -0.05) is 30.3 Å². The lowest BCUT2D eigenvalue weighted by Gasteiger charge is -2.18. The van der Waals surface area contributed by atoms with Crippen LogP contribution in [-0.2, 0) is 19.7 Å². The summed E-state index contributed by atoms with van der Waals surface area (Å²) in [5, 5.41) is 9.56. The molecule has 0 aromatic heterocycles. The fourth-order valence-electron chi connectivity index (χ4n) is 3.02. The van der Waals surface area contributed by atoms with E-state index in [1.165, 1.54) is 24.3 Å². The maximum absolute atomic E-state index is 13.2. The highest BCUT2D eigenvalue weighted by molar-refractivity contribution is 5.65. The molecule has 0 spiro atoms. The fourth-order valence-corrected chi connectivity index (χ4v) is 3.02. The van der Waals surface area contributed by atoms with Gasteiger partial charge in [-0.05, 0) is 71.3 Å². The molecule has 26 heavy (non-hydrogen) atoms. The lowest BCUT2D eigenvalue weighted by molar-refractivity contribution is 0.281. The van der Waals surface area contributed by atoms with Gasteiger partial charge in [0.1, 0.15) is 11.6 Å². The highest BCUT2D eigenvalue weighted by Gasteiger charge is 2.07. The van der Waals surface area contributed by atoms with E-state index in [2.05, 4.69) is 4.90 Å². The summed E-state index contributed by atoms with van der Waals surface area (Å²) in [4.78, 5) is 2.12. The topological polar surface area (TPSA) is 23.5 Å². The molecule has 0 saturated heterocycles. The Labute approximate surface area is 152 Å². The van der Waals surface area contributed by atoms with E-state index in [1.54, 1.807) is 24.3 Å². The minimum absolute atomic E-state index is 0.0519. The van der Waals surface area contributed by atoms with Gasteiger partial charge in [-0.2, -0.15) is 0 Å². The number of hydrogen-bond acceptors (Lipinski definition) is 2. The Kier molecular flexibility index (Phi) is 5.76. The first-order valence-electron chi connectivity index (χ1n) is 8.46. The Morgan fingerprint density at radius 1 is 0.692 bits per heavy atom. The zero-order valence-electron chi connectivity index (χ0n) is 14.6. The molecule has 0 amide bonds. The predicted molar refractivity (Wildman–Crippen MR) is 99.3 cm³/mol. The second kappa shape index (κ2) is 8.21. The average Bonchev–Trinajstić information content (AvgIpc) is 2.64. The van der Waals surface area contributed by atoms with Gasteiger partial charge in [0, 0.05) is 13.1 Å². The van der Waals surface area contributed by atoms with Gasteiger partial charge in [-0.3, -0.25) is 4.90 Å². The number of hydrogen-bond donors (Lipinski definition) is 1. The fraction of sp³-hybridized carbons (Fsp3) is 0.182. The monoisotopic (exact) mass is 353 g/mol. The third-order valence-electron chi connectivity index (χ3n) is 4.23. The van der Waals surface area contributed by atoms with Crippen LogP contribution in [0.2, 0.25) is 0 Å². The Morgan fingerprint density at radius 3 is 1.85 bits per heavy atom. The average molecular weight is 353 g/mol. The molecule has 3 rings (SSSR count). The van der Waals surface area contributed by atoms with Crippen molar-refractivity contribution in [2.75, 3.05) is 7.05 Å². The molecule has 0 aliphatic rings. The lowest BCUT2D eigenvalue weighted by Crippen LogP contribution is -2.17. The Balaban J connectivity index is 1.79. The number of aliphatic hydroxyl groups is 1. The quantitative estimate of drug-likeness (QED) is 0.691. The number of rotatable bonds is 6. The van der Waals surface area contributed by atoms with Gasteiger partial charge in [0.15, 0.2) is 0 Å². The molecule has 0 atom stereocenters. The van der Waals surface area contributed by atoms with Crippen LogP contribution in [0, 0.1) is 11.6 Å². The van der Waals surface area contributed by atoms with Crippen molar-refractivity contribution in [1.29, 1.82) is 0 Å². The lowest BCUT2D eigenvalue weighted by atomic mass is 9.99. The van der Waals surface area contributed by atoms with Crippen LogP contribution < -0.4 is 0 Å². The smallest absolute Gasteiger partial charge is 0.123 e. The molecule has 2 nitrogen and oxygen atoms in total. The van der Waals surface area contributed by atoms with E-state index in [-0.39, 0.29) is 18.2 Å². The van der Waals surface area contributed by atoms with Crippen LogP contribution in [-0.4, -0.2) is 17.1 Å². The summed E-state index contributed by atoms with van der Waals surface area (Å²) in [6, 6.07) is 18.7. The summed E-state index contributed by atoms with van der Waals surface area (Å²) in [7, 11) is 1.99. The van der Waals surface area contributed by atoms with Gasteiger partial charge in [0.2, 0.25) is 0 Å². The summed E-state index contributed by atoms with van der Waals surface area (Å²) in [5.74, 6) is -0.512. The van der Waals surface area contributed by atoms with Gasteiger partial charge in [-0.15, -0.1) is 0 Å². The van der Waals surface area contributed by atoms with E-state index in [9.17, 15) is 13.9 Å². The van der Waals surface area contributed by atoms with Crippen molar-refractivity contribution in [3.8, 4) is 11.1 Å². The summed E-state index contributed by atoms with van der Waals surface area (Å²) in [6.07, 6.45) is 0. The number of halogens is 2. The van der Waals surface area contributed by atoms with Crippen molar-refractivity contribution in [2.24, 2.45) is 0 Å². The molecule has 1 N–H and O–H groups in total. The van der Waals surface area contributed by atoms with Crippen molar-refractivity contribution < 1.29 is 13.9 Å². The number of benzene rings is 3. The van der Waals surface area contributed by atoms with Crippen molar-refractivity contribution in [2.45, 2.75) is 19.7 Å². The molecule has 0 unspecified atom stereocenters. The standard InChI is InChI=1S/C22H21F2NO/c1-25(13-16-2-6-21(23)7-3-16)14-17-10-18(15-26)12-20(11-17)19-4-8-22(24)9-5-19/h2-12,26H,13-15H2,1H3. The second-order valence-corrected chi connectivity index (χ2v) is 6.50. The van der Waals surface area contributed by atoms with Crippen molar-refractivity contribution >= 4 is 0 Å². The summed E-state index contributed by atoms with van der Waals surface area (Å²) in [5.41, 5.74) is 4.76. The molecule has 0 fully saturated rings. The number of aliphatic hydroxyl groups excluding tert-OH is 1. The largest absolute Gasteiger partial charge is 0.392 e. The molecule has 0 saturated carbocycles. The SMILES string of the molecule is CN(Cc1ccc(F)cc1)Cc1cc(CO)cc(-c2ccc(F)cc2)c1. The zero-order chi connectivity index (χ0) is 18.5. The van der Waals surface area contributed by atoms with Crippen LogP contribution in [0.3, 0.4) is 0 Å². The van der Waals surface area contributed by atoms with Gasteiger partial charge in [0.05, 0.1) is 6.61 Å². The zero-order valence-corrected chi connectivity index (χ0v) is 14.6. The van der Waals surface area contributed by atoms with Crippen LogP contribution in [0.1, 0.15) is 16.7 Å². The molecule has 134 valence electrons. The molecule has 0 aliphatic carbocycles.